The molecule has 0 bridgehead atoms. The molecule has 2 aromatic rings. The Kier molecular flexibility index (Phi) is 4.29. The van der Waals surface area contributed by atoms with Crippen molar-refractivity contribution in [3.63, 3.8) is 0 Å². The smallest absolute Gasteiger partial charge is 0.230 e. The summed E-state index contributed by atoms with van der Waals surface area (Å²) in [5, 5.41) is 11.1. The average molecular weight is 322 g/mol. The van der Waals surface area contributed by atoms with Crippen molar-refractivity contribution in [1.29, 1.82) is 0 Å². The zero-order chi connectivity index (χ0) is 15.7. The third-order valence-electron chi connectivity index (χ3n) is 3.64. The summed E-state index contributed by atoms with van der Waals surface area (Å²) in [6.45, 7) is 11.4. The van der Waals surface area contributed by atoms with Crippen LogP contribution in [-0.2, 0) is 16.7 Å². The zero-order valence-corrected chi connectivity index (χ0v) is 14.3. The fourth-order valence-electron chi connectivity index (χ4n) is 2.37. The van der Waals surface area contributed by atoms with Gasteiger partial charge in [-0.25, -0.2) is 4.98 Å². The molecule has 0 radical (unpaired) electrons. The van der Waals surface area contributed by atoms with Crippen LogP contribution in [0, 0.1) is 6.92 Å². The van der Waals surface area contributed by atoms with E-state index in [9.17, 15) is 0 Å². The lowest BCUT2D eigenvalue weighted by atomic mass is 9.93. The minimum absolute atomic E-state index is 0.0267. The van der Waals surface area contributed by atoms with Crippen molar-refractivity contribution in [3.8, 4) is 0 Å². The van der Waals surface area contributed by atoms with Gasteiger partial charge in [0.1, 0.15) is 11.1 Å². The Morgan fingerprint density at radius 1 is 1.36 bits per heavy atom. The molecule has 0 aromatic carbocycles. The molecule has 6 nitrogen and oxygen atoms in total. The van der Waals surface area contributed by atoms with Crippen LogP contribution < -0.4 is 0 Å². The Morgan fingerprint density at radius 3 is 2.82 bits per heavy atom. The maximum atomic E-state index is 5.90. The van der Waals surface area contributed by atoms with Crippen molar-refractivity contribution in [2.45, 2.75) is 45.8 Å². The van der Waals surface area contributed by atoms with Crippen molar-refractivity contribution in [1.82, 2.24) is 20.1 Å². The molecular formula is C15H22N4O2S. The van der Waals surface area contributed by atoms with Gasteiger partial charge in [-0.3, -0.25) is 4.90 Å². The number of aryl methyl sites for hydroxylation is 1. The zero-order valence-electron chi connectivity index (χ0n) is 13.5. The molecule has 1 aliphatic heterocycles. The lowest BCUT2D eigenvalue weighted by Gasteiger charge is -2.30. The first-order valence-corrected chi connectivity index (χ1v) is 8.38. The summed E-state index contributed by atoms with van der Waals surface area (Å²) < 4.78 is 11.4. The van der Waals surface area contributed by atoms with Crippen LogP contribution in [-0.4, -0.2) is 39.8 Å². The van der Waals surface area contributed by atoms with Crippen molar-refractivity contribution < 1.29 is 9.15 Å². The third kappa shape index (κ3) is 3.53. The molecule has 0 spiro atoms. The summed E-state index contributed by atoms with van der Waals surface area (Å²) in [5.41, 5.74) is 1.20. The molecule has 1 unspecified atom stereocenters. The first kappa shape index (κ1) is 15.6. The van der Waals surface area contributed by atoms with E-state index in [0.29, 0.717) is 24.9 Å². The van der Waals surface area contributed by atoms with Gasteiger partial charge in [0.15, 0.2) is 0 Å². The number of nitrogens with zero attached hydrogens (tertiary/aromatic N) is 4. The van der Waals surface area contributed by atoms with Gasteiger partial charge in [-0.05, 0) is 0 Å². The normalized spacial score (nSPS) is 20.5. The standard InChI is InChI=1S/C15H22N4O2S/c1-10-17-18-13(21-10)8-19-5-6-20-11(7-19)14-16-12(9-22-14)15(2,3)4/h9,11H,5-8H2,1-4H3. The summed E-state index contributed by atoms with van der Waals surface area (Å²) in [6, 6.07) is 0. The highest BCUT2D eigenvalue weighted by Gasteiger charge is 2.27. The van der Waals surface area contributed by atoms with Crippen LogP contribution in [0.1, 0.15) is 49.4 Å². The maximum Gasteiger partial charge on any atom is 0.230 e. The minimum Gasteiger partial charge on any atom is -0.424 e. The van der Waals surface area contributed by atoms with E-state index in [1.807, 2.05) is 6.92 Å². The van der Waals surface area contributed by atoms with E-state index in [-0.39, 0.29) is 11.5 Å². The van der Waals surface area contributed by atoms with Gasteiger partial charge in [-0.2, -0.15) is 0 Å². The van der Waals surface area contributed by atoms with E-state index in [2.05, 4.69) is 41.2 Å². The predicted octanol–water partition coefficient (Wildman–Crippen LogP) is 2.71. The van der Waals surface area contributed by atoms with E-state index in [0.717, 1.165) is 23.8 Å². The molecule has 0 saturated carbocycles. The van der Waals surface area contributed by atoms with Gasteiger partial charge in [0.2, 0.25) is 11.8 Å². The number of rotatable bonds is 3. The minimum atomic E-state index is 0.0267. The lowest BCUT2D eigenvalue weighted by molar-refractivity contribution is -0.0354. The number of ether oxygens (including phenoxy) is 1. The summed E-state index contributed by atoms with van der Waals surface area (Å²) in [5.74, 6) is 1.27. The molecule has 1 fully saturated rings. The fourth-order valence-corrected chi connectivity index (χ4v) is 3.45. The van der Waals surface area contributed by atoms with Gasteiger partial charge in [-0.15, -0.1) is 21.5 Å². The summed E-state index contributed by atoms with van der Waals surface area (Å²) in [7, 11) is 0. The summed E-state index contributed by atoms with van der Waals surface area (Å²) in [4.78, 5) is 7.04. The number of aromatic nitrogens is 3. The molecule has 1 saturated heterocycles. The SMILES string of the molecule is Cc1nnc(CN2CCOC(c3nc(C(C)(C)C)cs3)C2)o1. The van der Waals surface area contributed by atoms with Crippen LogP contribution in [0.4, 0.5) is 0 Å². The van der Waals surface area contributed by atoms with Crippen molar-refractivity contribution >= 4 is 11.3 Å². The van der Waals surface area contributed by atoms with Gasteiger partial charge in [0.05, 0.1) is 18.8 Å². The van der Waals surface area contributed by atoms with Gasteiger partial charge in [0.25, 0.3) is 0 Å². The second kappa shape index (κ2) is 6.06. The highest BCUT2D eigenvalue weighted by atomic mass is 32.1. The van der Waals surface area contributed by atoms with E-state index < -0.39 is 0 Å². The number of hydrogen-bond acceptors (Lipinski definition) is 7. The molecule has 7 heteroatoms. The molecule has 1 atom stereocenters. The molecule has 0 N–H and O–H groups in total. The quantitative estimate of drug-likeness (QED) is 0.866. The number of thiazole rings is 1. The number of hydrogen-bond donors (Lipinski definition) is 0. The van der Waals surface area contributed by atoms with Crippen molar-refractivity contribution in [2.75, 3.05) is 19.7 Å². The third-order valence-corrected chi connectivity index (χ3v) is 4.58. The Labute approximate surface area is 134 Å². The molecule has 3 rings (SSSR count). The van der Waals surface area contributed by atoms with Crippen LogP contribution in [0.5, 0.6) is 0 Å². The van der Waals surface area contributed by atoms with Crippen molar-refractivity contribution in [3.05, 3.63) is 27.9 Å². The average Bonchev–Trinajstić information content (AvgIpc) is 3.08. The van der Waals surface area contributed by atoms with Crippen molar-refractivity contribution in [2.24, 2.45) is 0 Å². The monoisotopic (exact) mass is 322 g/mol. The van der Waals surface area contributed by atoms with Crippen LogP contribution >= 0.6 is 11.3 Å². The second-order valence-electron chi connectivity index (χ2n) is 6.63. The molecule has 1 aliphatic rings. The van der Waals surface area contributed by atoms with E-state index in [1.54, 1.807) is 11.3 Å². The van der Waals surface area contributed by atoms with Crippen LogP contribution in [0.25, 0.3) is 0 Å². The molecule has 22 heavy (non-hydrogen) atoms. The highest BCUT2D eigenvalue weighted by Crippen LogP contribution is 2.30. The molecule has 0 aliphatic carbocycles. The van der Waals surface area contributed by atoms with E-state index in [1.165, 1.54) is 0 Å². The molecular weight excluding hydrogens is 300 g/mol. The molecule has 120 valence electrons. The Bertz CT molecular complexity index is 632. The molecule has 2 aromatic heterocycles. The van der Waals surface area contributed by atoms with Gasteiger partial charge >= 0.3 is 0 Å². The summed E-state index contributed by atoms with van der Waals surface area (Å²) >= 11 is 1.68. The predicted molar refractivity (Wildman–Crippen MR) is 83.8 cm³/mol. The van der Waals surface area contributed by atoms with Crippen LogP contribution in [0.3, 0.4) is 0 Å². The molecule has 0 amide bonds. The Morgan fingerprint density at radius 2 is 2.18 bits per heavy atom. The first-order valence-electron chi connectivity index (χ1n) is 7.50. The Balaban J connectivity index is 1.66. The Hall–Kier alpha value is -1.31. The van der Waals surface area contributed by atoms with E-state index >= 15 is 0 Å². The maximum absolute atomic E-state index is 5.90. The van der Waals surface area contributed by atoms with Gasteiger partial charge < -0.3 is 9.15 Å². The fraction of sp³-hybridized carbons (Fsp3) is 0.667. The molecule has 3 heterocycles. The first-order chi connectivity index (χ1) is 10.4. The second-order valence-corrected chi connectivity index (χ2v) is 7.52. The largest absolute Gasteiger partial charge is 0.424 e. The van der Waals surface area contributed by atoms with Gasteiger partial charge in [-0.1, -0.05) is 20.8 Å². The highest BCUT2D eigenvalue weighted by molar-refractivity contribution is 7.09. The number of morpholine rings is 1. The summed E-state index contributed by atoms with van der Waals surface area (Å²) in [6.07, 6.45) is 0.0267. The van der Waals surface area contributed by atoms with Crippen LogP contribution in [0.15, 0.2) is 9.80 Å². The topological polar surface area (TPSA) is 64.3 Å². The van der Waals surface area contributed by atoms with Crippen LogP contribution in [0.2, 0.25) is 0 Å². The lowest BCUT2D eigenvalue weighted by Crippen LogP contribution is -2.37. The van der Waals surface area contributed by atoms with E-state index in [4.69, 9.17) is 14.1 Å². The van der Waals surface area contributed by atoms with Gasteiger partial charge in [0, 0.05) is 30.8 Å².